The number of carbonyl (C=O) groups is 1. The van der Waals surface area contributed by atoms with Gasteiger partial charge in [-0.3, -0.25) is 9.48 Å². The number of thiophene rings is 1. The number of hydrogen-bond donors (Lipinski definition) is 1. The van der Waals surface area contributed by atoms with Crippen LogP contribution in [0.2, 0.25) is 0 Å². The molecule has 21 heavy (non-hydrogen) atoms. The average molecular weight is 319 g/mol. The van der Waals surface area contributed by atoms with E-state index in [1.165, 1.54) is 0 Å². The Morgan fingerprint density at radius 3 is 3.05 bits per heavy atom. The van der Waals surface area contributed by atoms with E-state index in [9.17, 15) is 4.79 Å². The lowest BCUT2D eigenvalue weighted by atomic mass is 10.2. The zero-order chi connectivity index (χ0) is 14.7. The third-order valence-corrected chi connectivity index (χ3v) is 4.45. The summed E-state index contributed by atoms with van der Waals surface area (Å²) in [6.07, 6.45) is 1.92. The molecule has 0 saturated heterocycles. The van der Waals surface area contributed by atoms with Crippen molar-refractivity contribution >= 4 is 28.8 Å². The van der Waals surface area contributed by atoms with Crippen molar-refractivity contribution < 1.29 is 4.79 Å². The molecule has 0 radical (unpaired) electrons. The fourth-order valence-corrected chi connectivity index (χ4v) is 3.08. The molecular formula is C13H13N5OS2. The first kappa shape index (κ1) is 13.9. The van der Waals surface area contributed by atoms with Crippen molar-refractivity contribution in [1.82, 2.24) is 24.7 Å². The summed E-state index contributed by atoms with van der Waals surface area (Å²) in [7, 11) is 0. The summed E-state index contributed by atoms with van der Waals surface area (Å²) in [5, 5.41) is 15.2. The van der Waals surface area contributed by atoms with Gasteiger partial charge in [-0.15, -0.1) is 5.10 Å². The highest BCUT2D eigenvalue weighted by Crippen LogP contribution is 2.19. The normalized spacial score (nSPS) is 10.7. The summed E-state index contributed by atoms with van der Waals surface area (Å²) in [6, 6.07) is 4.01. The number of rotatable bonds is 5. The molecule has 3 aromatic rings. The lowest BCUT2D eigenvalue weighted by Crippen LogP contribution is -2.27. The Morgan fingerprint density at radius 1 is 1.43 bits per heavy atom. The van der Waals surface area contributed by atoms with E-state index in [2.05, 4.69) is 25.4 Å². The van der Waals surface area contributed by atoms with E-state index in [1.54, 1.807) is 18.3 Å². The van der Waals surface area contributed by atoms with E-state index in [0.29, 0.717) is 23.7 Å². The molecule has 0 aromatic carbocycles. The maximum absolute atomic E-state index is 11.9. The van der Waals surface area contributed by atoms with Crippen LogP contribution < -0.4 is 5.32 Å². The number of aryl methyl sites for hydroxylation is 1. The van der Waals surface area contributed by atoms with Crippen molar-refractivity contribution in [3.8, 4) is 11.3 Å². The number of hydrogen-bond acceptors (Lipinski definition) is 6. The van der Waals surface area contributed by atoms with Crippen LogP contribution in [0.15, 0.2) is 29.1 Å². The van der Waals surface area contributed by atoms with Crippen LogP contribution >= 0.6 is 22.9 Å². The molecule has 3 rings (SSSR count). The summed E-state index contributed by atoms with van der Waals surface area (Å²) >= 11 is 2.76. The molecule has 0 atom stereocenters. The maximum Gasteiger partial charge on any atom is 0.265 e. The Morgan fingerprint density at radius 2 is 2.33 bits per heavy atom. The van der Waals surface area contributed by atoms with E-state index < -0.39 is 0 Å². The molecule has 1 N–H and O–H groups in total. The Hall–Kier alpha value is -2.06. The second-order valence-corrected chi connectivity index (χ2v) is 5.95. The van der Waals surface area contributed by atoms with Gasteiger partial charge in [0.2, 0.25) is 0 Å². The van der Waals surface area contributed by atoms with Gasteiger partial charge in [0.15, 0.2) is 0 Å². The zero-order valence-corrected chi connectivity index (χ0v) is 12.9. The zero-order valence-electron chi connectivity index (χ0n) is 11.3. The Kier molecular flexibility index (Phi) is 4.07. The smallest absolute Gasteiger partial charge is 0.265 e. The number of carbonyl (C=O) groups excluding carboxylic acids is 1. The summed E-state index contributed by atoms with van der Waals surface area (Å²) in [4.78, 5) is 12.5. The fourth-order valence-electron chi connectivity index (χ4n) is 1.85. The van der Waals surface area contributed by atoms with Crippen LogP contribution in [0.4, 0.5) is 0 Å². The lowest BCUT2D eigenvalue weighted by molar-refractivity contribution is 0.0955. The van der Waals surface area contributed by atoms with E-state index in [0.717, 1.165) is 22.8 Å². The van der Waals surface area contributed by atoms with Crippen molar-refractivity contribution in [3.05, 3.63) is 39.7 Å². The number of nitrogens with one attached hydrogen (secondary N) is 1. The quantitative estimate of drug-likeness (QED) is 0.782. The highest BCUT2D eigenvalue weighted by atomic mass is 32.1. The number of aromatic nitrogens is 4. The van der Waals surface area contributed by atoms with Crippen LogP contribution in [0, 0.1) is 6.92 Å². The van der Waals surface area contributed by atoms with Gasteiger partial charge in [0.1, 0.15) is 4.88 Å². The molecule has 0 spiro atoms. The molecule has 8 heteroatoms. The third-order valence-electron chi connectivity index (χ3n) is 2.94. The van der Waals surface area contributed by atoms with Crippen LogP contribution in [0.3, 0.4) is 0 Å². The molecule has 3 heterocycles. The van der Waals surface area contributed by atoms with Crippen LogP contribution in [0.1, 0.15) is 15.4 Å². The van der Waals surface area contributed by atoms with Gasteiger partial charge < -0.3 is 5.32 Å². The number of nitrogens with zero attached hydrogens (tertiary/aromatic N) is 4. The second-order valence-electron chi connectivity index (χ2n) is 4.42. The molecule has 0 aliphatic carbocycles. The largest absolute Gasteiger partial charge is 0.349 e. The minimum atomic E-state index is -0.132. The maximum atomic E-state index is 11.9. The predicted octanol–water partition coefficient (Wildman–Crippen LogP) is 2.20. The highest BCUT2D eigenvalue weighted by Gasteiger charge is 2.12. The topological polar surface area (TPSA) is 72.7 Å². The van der Waals surface area contributed by atoms with Gasteiger partial charge in [-0.1, -0.05) is 4.49 Å². The van der Waals surface area contributed by atoms with Crippen LogP contribution in [0.5, 0.6) is 0 Å². The molecule has 0 fully saturated rings. The first-order valence-corrected chi connectivity index (χ1v) is 8.09. The molecule has 0 aliphatic rings. The molecule has 0 bridgehead atoms. The third kappa shape index (κ3) is 3.17. The molecule has 6 nitrogen and oxygen atoms in total. The SMILES string of the molecule is Cc1nnsc1C(=O)NCCn1ccc(-c2ccsc2)n1. The predicted molar refractivity (Wildman–Crippen MR) is 82.5 cm³/mol. The van der Waals surface area contributed by atoms with Gasteiger partial charge >= 0.3 is 0 Å². The minimum Gasteiger partial charge on any atom is -0.349 e. The lowest BCUT2D eigenvalue weighted by Gasteiger charge is -2.04. The minimum absolute atomic E-state index is 0.132. The monoisotopic (exact) mass is 319 g/mol. The Bertz CT molecular complexity index is 731. The van der Waals surface area contributed by atoms with Gasteiger partial charge in [-0.2, -0.15) is 16.4 Å². The fraction of sp³-hybridized carbons (Fsp3) is 0.231. The van der Waals surface area contributed by atoms with E-state index in [1.807, 2.05) is 28.4 Å². The second kappa shape index (κ2) is 6.15. The molecule has 0 saturated carbocycles. The molecule has 0 aliphatic heterocycles. The summed E-state index contributed by atoms with van der Waals surface area (Å²) in [5.74, 6) is -0.132. The van der Waals surface area contributed by atoms with Crippen molar-refractivity contribution in [2.75, 3.05) is 6.54 Å². The summed E-state index contributed by atoms with van der Waals surface area (Å²) in [6.45, 7) is 2.92. The van der Waals surface area contributed by atoms with Crippen LogP contribution in [-0.2, 0) is 6.54 Å². The average Bonchev–Trinajstić information content (AvgIpc) is 3.19. The van der Waals surface area contributed by atoms with E-state index in [-0.39, 0.29) is 5.91 Å². The number of amides is 1. The molecule has 1 amide bonds. The van der Waals surface area contributed by atoms with Gasteiger partial charge in [-0.05, 0) is 36.0 Å². The van der Waals surface area contributed by atoms with Gasteiger partial charge in [-0.25, -0.2) is 0 Å². The van der Waals surface area contributed by atoms with Crippen molar-refractivity contribution in [1.29, 1.82) is 0 Å². The summed E-state index contributed by atoms with van der Waals surface area (Å²) in [5.41, 5.74) is 2.73. The van der Waals surface area contributed by atoms with Gasteiger partial charge in [0.25, 0.3) is 5.91 Å². The molecule has 3 aromatic heterocycles. The van der Waals surface area contributed by atoms with Crippen molar-refractivity contribution in [2.24, 2.45) is 0 Å². The van der Waals surface area contributed by atoms with E-state index >= 15 is 0 Å². The first-order valence-electron chi connectivity index (χ1n) is 6.37. The van der Waals surface area contributed by atoms with Crippen molar-refractivity contribution in [3.63, 3.8) is 0 Å². The standard InChI is InChI=1S/C13H13N5OS2/c1-9-12(21-17-15-9)13(19)14-4-6-18-5-2-11(16-18)10-3-7-20-8-10/h2-3,5,7-8H,4,6H2,1H3,(H,14,19). The van der Waals surface area contributed by atoms with Crippen molar-refractivity contribution in [2.45, 2.75) is 13.5 Å². The van der Waals surface area contributed by atoms with Gasteiger partial charge in [0.05, 0.1) is 17.9 Å². The Balaban J connectivity index is 1.54. The van der Waals surface area contributed by atoms with Gasteiger partial charge in [0, 0.05) is 23.7 Å². The highest BCUT2D eigenvalue weighted by molar-refractivity contribution is 7.08. The Labute approximate surface area is 129 Å². The molecule has 0 unspecified atom stereocenters. The van der Waals surface area contributed by atoms with Crippen LogP contribution in [0.25, 0.3) is 11.3 Å². The first-order chi connectivity index (χ1) is 10.2. The summed E-state index contributed by atoms with van der Waals surface area (Å²) < 4.78 is 5.58. The molecule has 108 valence electrons. The molecular weight excluding hydrogens is 306 g/mol. The van der Waals surface area contributed by atoms with E-state index in [4.69, 9.17) is 0 Å². The van der Waals surface area contributed by atoms with Crippen LogP contribution in [-0.4, -0.2) is 31.8 Å².